The van der Waals surface area contributed by atoms with Gasteiger partial charge in [0.05, 0.1) is 5.25 Å². The van der Waals surface area contributed by atoms with E-state index in [-0.39, 0.29) is 0 Å². The highest BCUT2D eigenvalue weighted by Gasteiger charge is 2.12. The number of thiol groups is 1. The maximum absolute atomic E-state index is 9.62. The Labute approximate surface area is 150 Å². The van der Waals surface area contributed by atoms with E-state index in [1.807, 2.05) is 54.6 Å². The van der Waals surface area contributed by atoms with Gasteiger partial charge in [0, 0.05) is 16.1 Å². The molecule has 3 aromatic rings. The Morgan fingerprint density at radius 2 is 1.79 bits per heavy atom. The molecule has 0 radical (unpaired) electrons. The third-order valence-electron chi connectivity index (χ3n) is 3.06. The second-order valence-electron chi connectivity index (χ2n) is 4.92. The minimum absolute atomic E-state index is 0.537. The molecule has 6 heteroatoms. The summed E-state index contributed by atoms with van der Waals surface area (Å²) in [6.07, 6.45) is 1.46. The normalized spacial score (nSPS) is 11.3. The third kappa shape index (κ3) is 4.88. The van der Waals surface area contributed by atoms with Crippen LogP contribution in [0.3, 0.4) is 0 Å². The summed E-state index contributed by atoms with van der Waals surface area (Å²) in [4.78, 5) is 13.9. The van der Waals surface area contributed by atoms with Gasteiger partial charge >= 0.3 is 5.97 Å². The number of nitrogens with zero attached hydrogens (tertiary/aromatic N) is 1. The lowest BCUT2D eigenvalue weighted by molar-refractivity contribution is -0.136. The van der Waals surface area contributed by atoms with Gasteiger partial charge in [0.2, 0.25) is 0 Å². The molecule has 4 nitrogen and oxygen atoms in total. The summed E-state index contributed by atoms with van der Waals surface area (Å²) >= 11 is 9.60. The van der Waals surface area contributed by atoms with Gasteiger partial charge < -0.3 is 9.52 Å². The lowest BCUT2D eigenvalue weighted by Crippen LogP contribution is -2.06. The maximum Gasteiger partial charge on any atom is 0.316 e. The molecule has 0 saturated heterocycles. The predicted molar refractivity (Wildman–Crippen MR) is 98.5 cm³/mol. The minimum Gasteiger partial charge on any atom is -0.480 e. The molecule has 0 aliphatic rings. The van der Waals surface area contributed by atoms with Gasteiger partial charge in [0.25, 0.3) is 0 Å². The van der Waals surface area contributed by atoms with E-state index in [4.69, 9.17) is 21.1 Å². The second-order valence-corrected chi connectivity index (χ2v) is 6.13. The molecular weight excluding hydrogens is 346 g/mol. The number of rotatable bonds is 3. The van der Waals surface area contributed by atoms with Gasteiger partial charge in [-0.3, -0.25) is 4.79 Å². The Kier molecular flexibility index (Phi) is 6.46. The number of carbonyl (C=O) groups is 1. The van der Waals surface area contributed by atoms with E-state index in [2.05, 4.69) is 17.6 Å². The highest BCUT2D eigenvalue weighted by Crippen LogP contribution is 2.31. The van der Waals surface area contributed by atoms with Crippen LogP contribution in [0.15, 0.2) is 65.4 Å². The zero-order valence-corrected chi connectivity index (χ0v) is 14.5. The minimum atomic E-state index is -0.877. The average molecular weight is 362 g/mol. The first-order valence-electron chi connectivity index (χ1n) is 7.14. The summed E-state index contributed by atoms with van der Waals surface area (Å²) in [6.45, 7) is 1.51. The van der Waals surface area contributed by atoms with Crippen LogP contribution in [0, 0.1) is 0 Å². The number of benzene rings is 2. The fourth-order valence-corrected chi connectivity index (χ4v) is 2.07. The van der Waals surface area contributed by atoms with Crippen LogP contribution in [0.4, 0.5) is 0 Å². The van der Waals surface area contributed by atoms with Gasteiger partial charge in [-0.15, -0.1) is 0 Å². The summed E-state index contributed by atoms with van der Waals surface area (Å²) < 4.78 is 5.49. The largest absolute Gasteiger partial charge is 0.480 e. The van der Waals surface area contributed by atoms with E-state index in [1.165, 1.54) is 13.3 Å². The molecule has 1 atom stereocenters. The van der Waals surface area contributed by atoms with E-state index in [9.17, 15) is 4.79 Å². The van der Waals surface area contributed by atoms with E-state index in [0.717, 1.165) is 22.6 Å². The summed E-state index contributed by atoms with van der Waals surface area (Å²) in [5, 5.41) is 8.07. The van der Waals surface area contributed by atoms with Crippen LogP contribution >= 0.6 is 24.2 Å². The van der Waals surface area contributed by atoms with Gasteiger partial charge in [0.15, 0.2) is 12.2 Å². The molecule has 124 valence electrons. The molecule has 1 aromatic heterocycles. The first kappa shape index (κ1) is 18.1. The van der Waals surface area contributed by atoms with Crippen LogP contribution in [0.1, 0.15) is 6.92 Å². The molecule has 0 spiro atoms. The first-order valence-corrected chi connectivity index (χ1v) is 8.04. The fraction of sp³-hybridized carbons (Fsp3) is 0.111. The lowest BCUT2D eigenvalue weighted by atomic mass is 10.1. The molecule has 0 aliphatic carbocycles. The molecule has 0 fully saturated rings. The van der Waals surface area contributed by atoms with Crippen LogP contribution in [-0.2, 0) is 4.79 Å². The van der Waals surface area contributed by atoms with E-state index >= 15 is 0 Å². The van der Waals surface area contributed by atoms with Crippen LogP contribution in [0.5, 0.6) is 0 Å². The smallest absolute Gasteiger partial charge is 0.316 e. The molecular formula is C18H16ClNO3S. The number of carboxylic acid groups (broad SMARTS) is 1. The molecule has 0 amide bonds. The fourth-order valence-electron chi connectivity index (χ4n) is 1.88. The van der Waals surface area contributed by atoms with E-state index in [1.54, 1.807) is 0 Å². The Hall–Kier alpha value is -2.24. The highest BCUT2D eigenvalue weighted by atomic mass is 35.5. The van der Waals surface area contributed by atoms with Crippen molar-refractivity contribution in [2.75, 3.05) is 0 Å². The lowest BCUT2D eigenvalue weighted by Gasteiger charge is -2.01. The number of aliphatic carboxylic acids is 1. The second kappa shape index (κ2) is 8.57. The number of aromatic nitrogens is 1. The van der Waals surface area contributed by atoms with Crippen molar-refractivity contribution in [3.8, 4) is 22.6 Å². The summed E-state index contributed by atoms with van der Waals surface area (Å²) in [5.74, 6) is -0.115. The quantitative estimate of drug-likeness (QED) is 0.640. The monoisotopic (exact) mass is 361 g/mol. The molecule has 1 unspecified atom stereocenters. The molecule has 0 saturated carbocycles. The number of carboxylic acids is 1. The maximum atomic E-state index is 9.62. The standard InChI is InChI=1S/C15H10ClNO.C3H6O2S/c16-13-8-4-7-12(9-13)14-15(18-10-17-14)11-5-2-1-3-6-11;1-2(6)3(4)5/h1-10H;2,6H,1H3,(H,4,5). The Balaban J connectivity index is 0.000000301. The van der Waals surface area contributed by atoms with Crippen LogP contribution < -0.4 is 0 Å². The first-order chi connectivity index (χ1) is 11.5. The van der Waals surface area contributed by atoms with Gasteiger partial charge in [-0.05, 0) is 19.1 Å². The van der Waals surface area contributed by atoms with Gasteiger partial charge in [-0.25, -0.2) is 4.98 Å². The molecule has 3 rings (SSSR count). The average Bonchev–Trinajstić information content (AvgIpc) is 3.06. The molecule has 1 N–H and O–H groups in total. The summed E-state index contributed by atoms with van der Waals surface area (Å²) in [6, 6.07) is 17.5. The van der Waals surface area contributed by atoms with Crippen LogP contribution in [0.2, 0.25) is 5.02 Å². The molecule has 24 heavy (non-hydrogen) atoms. The Morgan fingerprint density at radius 1 is 1.17 bits per heavy atom. The molecule has 1 heterocycles. The van der Waals surface area contributed by atoms with Crippen molar-refractivity contribution in [3.05, 3.63) is 66.0 Å². The Bertz CT molecular complexity index is 803. The van der Waals surface area contributed by atoms with Gasteiger partial charge in [-0.1, -0.05) is 54.1 Å². The van der Waals surface area contributed by atoms with Gasteiger partial charge in [-0.2, -0.15) is 12.6 Å². The van der Waals surface area contributed by atoms with E-state index in [0.29, 0.717) is 5.02 Å². The van der Waals surface area contributed by atoms with Crippen molar-refractivity contribution < 1.29 is 14.3 Å². The van der Waals surface area contributed by atoms with E-state index < -0.39 is 11.2 Å². The van der Waals surface area contributed by atoms with Crippen molar-refractivity contribution in [2.24, 2.45) is 0 Å². The number of oxazole rings is 1. The SMILES string of the molecule is CC(S)C(=O)O.Clc1cccc(-c2ncoc2-c2ccccc2)c1. The van der Waals surface area contributed by atoms with Gasteiger partial charge in [0.1, 0.15) is 5.69 Å². The third-order valence-corrected chi connectivity index (χ3v) is 3.51. The summed E-state index contributed by atoms with van der Waals surface area (Å²) in [5.41, 5.74) is 2.77. The summed E-state index contributed by atoms with van der Waals surface area (Å²) in [7, 11) is 0. The molecule has 0 aliphatic heterocycles. The number of hydrogen-bond acceptors (Lipinski definition) is 4. The van der Waals surface area contributed by atoms with Crippen LogP contribution in [-0.4, -0.2) is 21.3 Å². The van der Waals surface area contributed by atoms with Crippen molar-refractivity contribution >= 4 is 30.2 Å². The molecule has 0 bridgehead atoms. The number of hydrogen-bond donors (Lipinski definition) is 2. The Morgan fingerprint density at radius 3 is 2.38 bits per heavy atom. The predicted octanol–water partition coefficient (Wildman–Crippen LogP) is 5.05. The van der Waals surface area contributed by atoms with Crippen LogP contribution in [0.25, 0.3) is 22.6 Å². The van der Waals surface area contributed by atoms with Crippen molar-refractivity contribution in [3.63, 3.8) is 0 Å². The van der Waals surface area contributed by atoms with Crippen molar-refractivity contribution in [2.45, 2.75) is 12.2 Å². The number of halogens is 1. The topological polar surface area (TPSA) is 63.3 Å². The van der Waals surface area contributed by atoms with Crippen molar-refractivity contribution in [1.29, 1.82) is 0 Å². The van der Waals surface area contributed by atoms with Crippen molar-refractivity contribution in [1.82, 2.24) is 4.98 Å². The highest BCUT2D eigenvalue weighted by molar-refractivity contribution is 7.81. The molecule has 2 aromatic carbocycles. The zero-order chi connectivity index (χ0) is 17.5. The zero-order valence-electron chi connectivity index (χ0n) is 12.9.